The fourth-order valence-electron chi connectivity index (χ4n) is 1.56. The van der Waals surface area contributed by atoms with Gasteiger partial charge in [0.15, 0.2) is 0 Å². The van der Waals surface area contributed by atoms with Crippen LogP contribution in [0.1, 0.15) is 10.4 Å². The Labute approximate surface area is 140 Å². The van der Waals surface area contributed by atoms with E-state index in [-0.39, 0.29) is 5.57 Å². The molecule has 21 heavy (non-hydrogen) atoms. The second-order valence-electron chi connectivity index (χ2n) is 4.26. The van der Waals surface area contributed by atoms with E-state index in [4.69, 9.17) is 16.9 Å². The number of thiophene rings is 1. The largest absolute Gasteiger partial charge is 0.321 e. The summed E-state index contributed by atoms with van der Waals surface area (Å²) in [6, 6.07) is 8.97. The molecule has 1 N–H and O–H groups in total. The molecule has 2 aromatic rings. The highest BCUT2D eigenvalue weighted by Gasteiger charge is 2.10. The highest BCUT2D eigenvalue weighted by Crippen LogP contribution is 2.23. The minimum atomic E-state index is -0.457. The fraction of sp³-hybridized carbons (Fsp3) is 0.0667. The average Bonchev–Trinajstić information content (AvgIpc) is 2.85. The summed E-state index contributed by atoms with van der Waals surface area (Å²) < 4.78 is 0.918. The molecule has 1 aromatic heterocycles. The van der Waals surface area contributed by atoms with E-state index >= 15 is 0 Å². The Morgan fingerprint density at radius 2 is 2.24 bits per heavy atom. The molecule has 3 nitrogen and oxygen atoms in total. The van der Waals surface area contributed by atoms with Crippen LogP contribution >= 0.6 is 38.9 Å². The lowest BCUT2D eigenvalue weighted by molar-refractivity contribution is -0.112. The van der Waals surface area contributed by atoms with Gasteiger partial charge in [-0.3, -0.25) is 4.79 Å². The lowest BCUT2D eigenvalue weighted by Gasteiger charge is -2.06. The second kappa shape index (κ2) is 6.90. The minimum Gasteiger partial charge on any atom is -0.321 e. The number of hydrogen-bond donors (Lipinski definition) is 1. The second-order valence-corrected chi connectivity index (χ2v) is 6.52. The fourth-order valence-corrected chi connectivity index (χ4v) is 3.12. The van der Waals surface area contributed by atoms with Crippen molar-refractivity contribution in [2.75, 3.05) is 5.32 Å². The van der Waals surface area contributed by atoms with E-state index < -0.39 is 5.91 Å². The molecule has 6 heteroatoms. The Morgan fingerprint density at radius 3 is 2.81 bits per heavy atom. The van der Waals surface area contributed by atoms with E-state index in [1.54, 1.807) is 18.2 Å². The molecular formula is C15H10BrClN2OS. The van der Waals surface area contributed by atoms with Crippen molar-refractivity contribution in [1.29, 1.82) is 5.26 Å². The van der Waals surface area contributed by atoms with Crippen LogP contribution in [0.15, 0.2) is 39.7 Å². The molecule has 1 heterocycles. The zero-order valence-electron chi connectivity index (χ0n) is 11.0. The predicted molar refractivity (Wildman–Crippen MR) is 90.4 cm³/mol. The summed E-state index contributed by atoms with van der Waals surface area (Å²) in [4.78, 5) is 12.9. The number of nitrogens with one attached hydrogen (secondary N) is 1. The summed E-state index contributed by atoms with van der Waals surface area (Å²) in [5.41, 5.74) is 1.53. The predicted octanol–water partition coefficient (Wildman–Crippen LogP) is 5.02. The van der Waals surface area contributed by atoms with Crippen LogP contribution in [-0.4, -0.2) is 5.91 Å². The third-order valence-corrected chi connectivity index (χ3v) is 4.72. The van der Waals surface area contributed by atoms with Crippen molar-refractivity contribution in [1.82, 2.24) is 0 Å². The highest BCUT2D eigenvalue weighted by molar-refractivity contribution is 9.10. The van der Waals surface area contributed by atoms with Gasteiger partial charge in [0.2, 0.25) is 0 Å². The standard InChI is InChI=1S/C15H10BrClN2OS/c1-9-2-3-12(6-14(9)17)19-15(20)10(7-18)4-13-5-11(16)8-21-13/h2-6,8H,1H3,(H,19,20). The van der Waals surface area contributed by atoms with Gasteiger partial charge in [0.25, 0.3) is 5.91 Å². The number of nitriles is 1. The van der Waals surface area contributed by atoms with Crippen LogP contribution in [0, 0.1) is 18.3 Å². The molecule has 0 fully saturated rings. The monoisotopic (exact) mass is 380 g/mol. The molecule has 2 rings (SSSR count). The van der Waals surface area contributed by atoms with E-state index in [9.17, 15) is 4.79 Å². The van der Waals surface area contributed by atoms with Crippen LogP contribution in [0.25, 0.3) is 6.08 Å². The maximum Gasteiger partial charge on any atom is 0.266 e. The highest BCUT2D eigenvalue weighted by atomic mass is 79.9. The minimum absolute atomic E-state index is 0.0426. The van der Waals surface area contributed by atoms with Gasteiger partial charge < -0.3 is 5.32 Å². The number of nitrogens with zero attached hydrogens (tertiary/aromatic N) is 1. The summed E-state index contributed by atoms with van der Waals surface area (Å²) in [5, 5.41) is 14.3. The summed E-state index contributed by atoms with van der Waals surface area (Å²) in [6.45, 7) is 1.88. The van der Waals surface area contributed by atoms with Crippen LogP contribution in [-0.2, 0) is 4.79 Å². The Hall–Kier alpha value is -1.61. The molecule has 0 spiro atoms. The summed E-state index contributed by atoms with van der Waals surface area (Å²) in [6.07, 6.45) is 1.56. The van der Waals surface area contributed by atoms with Crippen molar-refractivity contribution < 1.29 is 4.79 Å². The molecular weight excluding hydrogens is 372 g/mol. The first-order chi connectivity index (χ1) is 9.99. The van der Waals surface area contributed by atoms with E-state index in [0.717, 1.165) is 14.9 Å². The van der Waals surface area contributed by atoms with Gasteiger partial charge in [0, 0.05) is 25.4 Å². The first-order valence-corrected chi connectivity index (χ1v) is 7.98. The van der Waals surface area contributed by atoms with E-state index in [1.165, 1.54) is 11.3 Å². The normalized spacial score (nSPS) is 11.0. The first kappa shape index (κ1) is 15.8. The smallest absolute Gasteiger partial charge is 0.266 e. The Morgan fingerprint density at radius 1 is 1.48 bits per heavy atom. The molecule has 0 unspecified atom stereocenters. The topological polar surface area (TPSA) is 52.9 Å². The Balaban J connectivity index is 2.19. The van der Waals surface area contributed by atoms with E-state index in [0.29, 0.717) is 10.7 Å². The molecule has 0 atom stereocenters. The number of anilines is 1. The molecule has 0 aliphatic rings. The van der Waals surface area contributed by atoms with Gasteiger partial charge in [-0.15, -0.1) is 11.3 Å². The molecule has 1 aromatic carbocycles. The van der Waals surface area contributed by atoms with Gasteiger partial charge in [-0.25, -0.2) is 0 Å². The van der Waals surface area contributed by atoms with Gasteiger partial charge in [-0.2, -0.15) is 5.26 Å². The number of benzene rings is 1. The Bertz CT molecular complexity index is 761. The van der Waals surface area contributed by atoms with Crippen LogP contribution in [0.2, 0.25) is 5.02 Å². The third kappa shape index (κ3) is 4.18. The number of rotatable bonds is 3. The third-order valence-electron chi connectivity index (χ3n) is 2.67. The zero-order chi connectivity index (χ0) is 15.4. The van der Waals surface area contributed by atoms with Gasteiger partial charge in [-0.05, 0) is 52.7 Å². The number of aryl methyl sites for hydroxylation is 1. The van der Waals surface area contributed by atoms with Crippen molar-refractivity contribution in [3.8, 4) is 6.07 Å². The quantitative estimate of drug-likeness (QED) is 0.599. The van der Waals surface area contributed by atoms with Crippen molar-refractivity contribution in [3.05, 3.63) is 55.2 Å². The van der Waals surface area contributed by atoms with Crippen LogP contribution < -0.4 is 5.32 Å². The lowest BCUT2D eigenvalue weighted by atomic mass is 10.2. The number of halogens is 2. The Kier molecular flexibility index (Phi) is 5.18. The SMILES string of the molecule is Cc1ccc(NC(=O)C(C#N)=Cc2cc(Br)cs2)cc1Cl. The van der Waals surface area contributed by atoms with Crippen molar-refractivity contribution in [2.24, 2.45) is 0 Å². The molecule has 0 bridgehead atoms. The van der Waals surface area contributed by atoms with Gasteiger partial charge in [0.05, 0.1) is 0 Å². The number of amides is 1. The van der Waals surface area contributed by atoms with E-state index in [1.807, 2.05) is 30.5 Å². The molecule has 0 aliphatic carbocycles. The summed E-state index contributed by atoms with van der Waals surface area (Å²) >= 11 is 10.8. The van der Waals surface area contributed by atoms with Crippen LogP contribution in [0.3, 0.4) is 0 Å². The number of carbonyl (C=O) groups is 1. The number of hydrogen-bond acceptors (Lipinski definition) is 3. The molecule has 0 saturated carbocycles. The van der Waals surface area contributed by atoms with E-state index in [2.05, 4.69) is 21.2 Å². The zero-order valence-corrected chi connectivity index (χ0v) is 14.1. The maximum absolute atomic E-state index is 12.1. The van der Waals surface area contributed by atoms with Crippen molar-refractivity contribution in [3.63, 3.8) is 0 Å². The molecule has 1 amide bonds. The van der Waals surface area contributed by atoms with Gasteiger partial charge in [0.1, 0.15) is 11.6 Å². The molecule has 0 radical (unpaired) electrons. The van der Waals surface area contributed by atoms with Gasteiger partial charge >= 0.3 is 0 Å². The maximum atomic E-state index is 12.1. The first-order valence-electron chi connectivity index (χ1n) is 5.93. The average molecular weight is 382 g/mol. The molecule has 0 aliphatic heterocycles. The number of carbonyl (C=O) groups excluding carboxylic acids is 1. The van der Waals surface area contributed by atoms with Gasteiger partial charge in [-0.1, -0.05) is 17.7 Å². The summed E-state index contributed by atoms with van der Waals surface area (Å²) in [7, 11) is 0. The summed E-state index contributed by atoms with van der Waals surface area (Å²) in [5.74, 6) is -0.457. The van der Waals surface area contributed by atoms with Crippen LogP contribution in [0.5, 0.6) is 0 Å². The lowest BCUT2D eigenvalue weighted by Crippen LogP contribution is -2.13. The molecule has 0 saturated heterocycles. The molecule has 106 valence electrons. The van der Waals surface area contributed by atoms with Crippen molar-refractivity contribution >= 4 is 56.5 Å². The van der Waals surface area contributed by atoms with Crippen molar-refractivity contribution in [2.45, 2.75) is 6.92 Å². The van der Waals surface area contributed by atoms with Crippen LogP contribution in [0.4, 0.5) is 5.69 Å².